The summed E-state index contributed by atoms with van der Waals surface area (Å²) in [6.45, 7) is -0.328. The molecule has 2 aromatic rings. The lowest BCUT2D eigenvalue weighted by Gasteiger charge is -2.14. The fourth-order valence-corrected chi connectivity index (χ4v) is 2.26. The maximum Gasteiger partial charge on any atom is 0.377 e. The molecule has 0 heterocycles. The van der Waals surface area contributed by atoms with Gasteiger partial charge in [0.05, 0.1) is 14.2 Å². The maximum atomic E-state index is 11.5. The molecule has 0 bridgehead atoms. The van der Waals surface area contributed by atoms with Gasteiger partial charge in [0.25, 0.3) is 11.6 Å². The summed E-state index contributed by atoms with van der Waals surface area (Å²) >= 11 is 0. The number of ketones is 2. The topological polar surface area (TPSA) is 146 Å². The molecule has 2 N–H and O–H groups in total. The van der Waals surface area contributed by atoms with Crippen LogP contribution in [-0.4, -0.2) is 54.7 Å². The summed E-state index contributed by atoms with van der Waals surface area (Å²) in [5, 5.41) is 17.5. The third-order valence-corrected chi connectivity index (χ3v) is 3.67. The van der Waals surface area contributed by atoms with Crippen molar-refractivity contribution >= 4 is 23.5 Å². The van der Waals surface area contributed by atoms with E-state index >= 15 is 0 Å². The summed E-state index contributed by atoms with van der Waals surface area (Å²) in [5.41, 5.74) is -0.161. The SMILES string of the molecule is COc1cc(C(=O)C(=O)O)ccc1OCOc1ccc(C(=O)C(=O)O)cc1OC. The molecule has 0 atom stereocenters. The van der Waals surface area contributed by atoms with Crippen LogP contribution in [0.25, 0.3) is 0 Å². The van der Waals surface area contributed by atoms with E-state index in [1.54, 1.807) is 0 Å². The number of carboxylic acid groups (broad SMARTS) is 2. The van der Waals surface area contributed by atoms with Crippen LogP contribution in [0.1, 0.15) is 20.7 Å². The Bertz CT molecular complexity index is 886. The van der Waals surface area contributed by atoms with Crippen LogP contribution < -0.4 is 18.9 Å². The van der Waals surface area contributed by atoms with Crippen molar-refractivity contribution in [2.45, 2.75) is 0 Å². The molecule has 10 heteroatoms. The Morgan fingerprint density at radius 3 is 1.38 bits per heavy atom. The van der Waals surface area contributed by atoms with Crippen LogP contribution >= 0.6 is 0 Å². The molecule has 0 spiro atoms. The minimum Gasteiger partial charge on any atom is -0.493 e. The van der Waals surface area contributed by atoms with Crippen molar-refractivity contribution in [2.24, 2.45) is 0 Å². The molecule has 0 saturated carbocycles. The number of Topliss-reactive ketones (excluding diaryl/α,β-unsaturated/α-hetero) is 2. The van der Waals surface area contributed by atoms with E-state index in [1.165, 1.54) is 50.6 Å². The van der Waals surface area contributed by atoms with Crippen molar-refractivity contribution in [3.63, 3.8) is 0 Å². The molecule has 10 nitrogen and oxygen atoms in total. The Hall–Kier alpha value is -4.08. The van der Waals surface area contributed by atoms with Gasteiger partial charge in [0.2, 0.25) is 6.79 Å². The number of hydrogen-bond donors (Lipinski definition) is 2. The Morgan fingerprint density at radius 1 is 0.690 bits per heavy atom. The summed E-state index contributed by atoms with van der Waals surface area (Å²) in [7, 11) is 2.64. The average molecular weight is 404 g/mol. The molecule has 0 radical (unpaired) electrons. The molecule has 0 amide bonds. The molecule has 0 saturated heterocycles. The van der Waals surface area contributed by atoms with Crippen molar-refractivity contribution in [3.05, 3.63) is 47.5 Å². The van der Waals surface area contributed by atoms with Gasteiger partial charge in [-0.25, -0.2) is 9.59 Å². The molecule has 29 heavy (non-hydrogen) atoms. The van der Waals surface area contributed by atoms with E-state index in [-0.39, 0.29) is 40.9 Å². The predicted molar refractivity (Wildman–Crippen MR) is 96.0 cm³/mol. The number of aliphatic carboxylic acids is 2. The zero-order valence-corrected chi connectivity index (χ0v) is 15.3. The van der Waals surface area contributed by atoms with Gasteiger partial charge in [-0.05, 0) is 36.4 Å². The van der Waals surface area contributed by atoms with Gasteiger partial charge in [-0.1, -0.05) is 0 Å². The lowest BCUT2D eigenvalue weighted by Crippen LogP contribution is -2.14. The van der Waals surface area contributed by atoms with Crippen molar-refractivity contribution < 1.29 is 48.3 Å². The molecule has 0 aliphatic carbocycles. The number of methoxy groups -OCH3 is 2. The van der Waals surface area contributed by atoms with Crippen LogP contribution in [0.5, 0.6) is 23.0 Å². The van der Waals surface area contributed by atoms with Gasteiger partial charge in [-0.15, -0.1) is 0 Å². The number of rotatable bonds is 10. The Kier molecular flexibility index (Phi) is 6.75. The number of ether oxygens (including phenoxy) is 4. The van der Waals surface area contributed by atoms with Gasteiger partial charge < -0.3 is 29.2 Å². The summed E-state index contributed by atoms with van der Waals surface area (Å²) in [6.07, 6.45) is 0. The number of carboxylic acids is 2. The summed E-state index contributed by atoms with van der Waals surface area (Å²) in [6, 6.07) is 7.67. The Balaban J connectivity index is 2.11. The van der Waals surface area contributed by atoms with E-state index < -0.39 is 23.5 Å². The van der Waals surface area contributed by atoms with Crippen molar-refractivity contribution in [3.8, 4) is 23.0 Å². The molecule has 0 aliphatic heterocycles. The van der Waals surface area contributed by atoms with Gasteiger partial charge in [-0.2, -0.15) is 0 Å². The van der Waals surface area contributed by atoms with Gasteiger partial charge in [0.1, 0.15) is 0 Å². The van der Waals surface area contributed by atoms with Crippen LogP contribution in [0.4, 0.5) is 0 Å². The largest absolute Gasteiger partial charge is 0.493 e. The second-order valence-electron chi connectivity index (χ2n) is 5.41. The molecule has 152 valence electrons. The highest BCUT2D eigenvalue weighted by molar-refractivity contribution is 6.40. The second-order valence-corrected chi connectivity index (χ2v) is 5.41. The molecule has 0 aliphatic rings. The van der Waals surface area contributed by atoms with E-state index in [0.29, 0.717) is 0 Å². The molecule has 2 aromatic carbocycles. The smallest absolute Gasteiger partial charge is 0.377 e. The van der Waals surface area contributed by atoms with Crippen LogP contribution in [0.15, 0.2) is 36.4 Å². The van der Waals surface area contributed by atoms with E-state index in [2.05, 4.69) is 0 Å². The highest BCUT2D eigenvalue weighted by Gasteiger charge is 2.19. The van der Waals surface area contributed by atoms with Crippen LogP contribution in [-0.2, 0) is 9.59 Å². The molecule has 2 rings (SSSR count). The first-order valence-electron chi connectivity index (χ1n) is 7.95. The van der Waals surface area contributed by atoms with E-state index in [9.17, 15) is 19.2 Å². The van der Waals surface area contributed by atoms with Crippen LogP contribution in [0.2, 0.25) is 0 Å². The molecule has 0 fully saturated rings. The van der Waals surface area contributed by atoms with Gasteiger partial charge in [0, 0.05) is 11.1 Å². The summed E-state index contributed by atoms with van der Waals surface area (Å²) < 4.78 is 21.0. The van der Waals surface area contributed by atoms with Crippen molar-refractivity contribution in [2.75, 3.05) is 21.0 Å². The quantitative estimate of drug-likeness (QED) is 0.340. The number of carbonyl (C=O) groups excluding carboxylic acids is 2. The van der Waals surface area contributed by atoms with Gasteiger partial charge in [0.15, 0.2) is 23.0 Å². The Labute approximate surface area is 164 Å². The molecular formula is C19H16O10. The van der Waals surface area contributed by atoms with Crippen molar-refractivity contribution in [1.82, 2.24) is 0 Å². The minimum absolute atomic E-state index is 0.0806. The fraction of sp³-hybridized carbons (Fsp3) is 0.158. The zero-order chi connectivity index (χ0) is 21.6. The lowest BCUT2D eigenvalue weighted by atomic mass is 10.1. The van der Waals surface area contributed by atoms with Crippen LogP contribution in [0.3, 0.4) is 0 Å². The highest BCUT2D eigenvalue weighted by atomic mass is 16.7. The van der Waals surface area contributed by atoms with Gasteiger partial charge >= 0.3 is 11.9 Å². The van der Waals surface area contributed by atoms with Gasteiger partial charge in [-0.3, -0.25) is 9.59 Å². The van der Waals surface area contributed by atoms with E-state index in [1.807, 2.05) is 0 Å². The summed E-state index contributed by atoms with van der Waals surface area (Å²) in [4.78, 5) is 44.6. The third kappa shape index (κ3) is 5.01. The molecule has 0 aromatic heterocycles. The first-order chi connectivity index (χ1) is 13.8. The number of benzene rings is 2. The molecule has 0 unspecified atom stereocenters. The van der Waals surface area contributed by atoms with Crippen molar-refractivity contribution in [1.29, 1.82) is 0 Å². The Morgan fingerprint density at radius 2 is 1.07 bits per heavy atom. The first-order valence-corrected chi connectivity index (χ1v) is 7.95. The van der Waals surface area contributed by atoms with Crippen LogP contribution in [0, 0.1) is 0 Å². The lowest BCUT2D eigenvalue weighted by molar-refractivity contribution is -0.132. The maximum absolute atomic E-state index is 11.5. The number of carbonyl (C=O) groups is 4. The van der Waals surface area contributed by atoms with E-state index in [4.69, 9.17) is 29.2 Å². The highest BCUT2D eigenvalue weighted by Crippen LogP contribution is 2.31. The first kappa shape index (κ1) is 21.2. The third-order valence-electron chi connectivity index (χ3n) is 3.67. The second kappa shape index (κ2) is 9.22. The monoisotopic (exact) mass is 404 g/mol. The van der Waals surface area contributed by atoms with E-state index in [0.717, 1.165) is 0 Å². The average Bonchev–Trinajstić information content (AvgIpc) is 2.72. The fourth-order valence-electron chi connectivity index (χ4n) is 2.26. The predicted octanol–water partition coefficient (Wildman–Crippen LogP) is 1.65. The molecular weight excluding hydrogens is 388 g/mol. The number of hydrogen-bond acceptors (Lipinski definition) is 8. The summed E-state index contributed by atoms with van der Waals surface area (Å²) in [5.74, 6) is -4.76. The zero-order valence-electron chi connectivity index (χ0n) is 15.3. The minimum atomic E-state index is -1.60. The normalized spacial score (nSPS) is 10.0. The standard InChI is InChI=1S/C19H16O10/c1-26-14-7-10(16(20)18(22)23)3-5-12(14)28-9-29-13-6-4-11(8-15(13)27-2)17(21)19(24)25/h3-8H,9H2,1-2H3,(H,22,23)(H,24,25).